The number of fused-ring (bicyclic) bond motifs is 5. The summed E-state index contributed by atoms with van der Waals surface area (Å²) in [5, 5.41) is 54.3. The highest BCUT2D eigenvalue weighted by atomic mass is 16.6. The zero-order chi connectivity index (χ0) is 42.5. The molecule has 8 fully saturated rings. The number of piperidine rings is 2. The number of ketones is 1. The predicted octanol–water partition coefficient (Wildman–Crippen LogP) is -0.492. The Labute approximate surface area is 357 Å². The average Bonchev–Trinajstić information content (AvgIpc) is 3.28. The SMILES string of the molecule is CC=C(CC[NH2+]C)C(=O)O[C@H]1CC2C(O)C3C(=O)CC(CO)OC3C3C2O[C@@]1(C)[C@H](CC1CCC(N)[NH2+]C1)CC1CCC2CCC(O)CC2C(CO)C3C2CCNC(N)C12. The maximum absolute atomic E-state index is 14.4. The van der Waals surface area contributed by atoms with E-state index >= 15 is 0 Å². The number of ether oxygens (including phenoxy) is 3. The summed E-state index contributed by atoms with van der Waals surface area (Å²) in [6.07, 6.45) is 6.83. The third-order valence-corrected chi connectivity index (χ3v) is 17.9. The zero-order valence-corrected chi connectivity index (χ0v) is 36.5. The van der Waals surface area contributed by atoms with E-state index in [4.69, 9.17) is 25.7 Å². The minimum absolute atomic E-state index is 0.00691. The summed E-state index contributed by atoms with van der Waals surface area (Å²) in [6.45, 7) is 6.01. The van der Waals surface area contributed by atoms with Crippen molar-refractivity contribution < 1.29 is 54.9 Å². The van der Waals surface area contributed by atoms with E-state index in [1.807, 2.05) is 25.4 Å². The summed E-state index contributed by atoms with van der Waals surface area (Å²) >= 11 is 0. The Balaban J connectivity index is 1.33. The molecule has 5 saturated heterocycles. The molecule has 4 bridgehead atoms. The molecule has 0 aromatic rings. The Hall–Kier alpha value is -1.56. The first-order valence-corrected chi connectivity index (χ1v) is 24.1. The van der Waals surface area contributed by atoms with E-state index in [-0.39, 0.29) is 85.1 Å². The van der Waals surface area contributed by atoms with Crippen LogP contribution < -0.4 is 27.4 Å². The fourth-order valence-corrected chi connectivity index (χ4v) is 14.9. The summed E-state index contributed by atoms with van der Waals surface area (Å²) in [7, 11) is 1.99. The second-order valence-electron chi connectivity index (χ2n) is 20.9. The molecule has 13 N–H and O–H groups in total. The first kappa shape index (κ1) is 45.0. The van der Waals surface area contributed by atoms with Gasteiger partial charge in [-0.25, -0.2) is 4.79 Å². The van der Waals surface area contributed by atoms with Crippen molar-refractivity contribution in [3.63, 3.8) is 0 Å². The van der Waals surface area contributed by atoms with Gasteiger partial charge in [-0.05, 0) is 132 Å². The molecule has 5 aliphatic heterocycles. The van der Waals surface area contributed by atoms with Gasteiger partial charge < -0.3 is 56.3 Å². The number of esters is 1. The van der Waals surface area contributed by atoms with Gasteiger partial charge >= 0.3 is 5.97 Å². The van der Waals surface area contributed by atoms with Gasteiger partial charge in [0.1, 0.15) is 23.7 Å². The van der Waals surface area contributed by atoms with Crippen LogP contribution in [0.2, 0.25) is 0 Å². The van der Waals surface area contributed by atoms with Crippen molar-refractivity contribution in [3.05, 3.63) is 11.6 Å². The Morgan fingerprint density at radius 3 is 2.47 bits per heavy atom. The van der Waals surface area contributed by atoms with Gasteiger partial charge in [0.05, 0.1) is 69.3 Å². The van der Waals surface area contributed by atoms with Crippen LogP contribution in [0.5, 0.6) is 0 Å². The number of allylic oxidation sites excluding steroid dienone is 1. The number of hydrogen-bond acceptors (Lipinski definition) is 12. The molecule has 0 radical (unpaired) electrons. The van der Waals surface area contributed by atoms with E-state index in [1.165, 1.54) is 0 Å². The van der Waals surface area contributed by atoms with Crippen molar-refractivity contribution in [2.45, 2.75) is 152 Å². The number of nitrogens with two attached hydrogens (primary N) is 4. The van der Waals surface area contributed by atoms with E-state index in [9.17, 15) is 30.0 Å². The van der Waals surface area contributed by atoms with Crippen LogP contribution in [-0.4, -0.2) is 127 Å². The molecule has 60 heavy (non-hydrogen) atoms. The number of rotatable bonds is 9. The topological polar surface area (TPSA) is 240 Å². The summed E-state index contributed by atoms with van der Waals surface area (Å²) in [5.74, 6) is -1.81. The molecule has 340 valence electrons. The number of nitrogens with one attached hydrogen (secondary N) is 1. The molecule has 14 heteroatoms. The van der Waals surface area contributed by atoms with Crippen molar-refractivity contribution in [2.24, 2.45) is 82.5 Å². The fraction of sp³-hybridized carbons (Fsp3) is 0.913. The largest absolute Gasteiger partial charge is 0.456 e. The Morgan fingerprint density at radius 1 is 0.967 bits per heavy atom. The third kappa shape index (κ3) is 8.43. The maximum atomic E-state index is 14.4. The number of Topliss-reactive ketones (excluding diaryl/α,β-unsaturated/α-hetero) is 1. The molecule has 0 spiro atoms. The molecule has 0 aromatic carbocycles. The van der Waals surface area contributed by atoms with E-state index < -0.39 is 60.0 Å². The highest BCUT2D eigenvalue weighted by Gasteiger charge is 2.67. The molecule has 8 aliphatic rings. The summed E-state index contributed by atoms with van der Waals surface area (Å²) in [4.78, 5) is 28.7. The van der Waals surface area contributed by atoms with E-state index in [0.717, 1.165) is 77.4 Å². The molecule has 8 rings (SSSR count). The summed E-state index contributed by atoms with van der Waals surface area (Å²) < 4.78 is 21.5. The predicted molar refractivity (Wildman–Crippen MR) is 222 cm³/mol. The zero-order valence-electron chi connectivity index (χ0n) is 36.5. The molecular weight excluding hydrogens is 767 g/mol. The van der Waals surface area contributed by atoms with E-state index in [0.29, 0.717) is 36.7 Å². The quantitative estimate of drug-likeness (QED) is 0.106. The second kappa shape index (κ2) is 18.9. The van der Waals surface area contributed by atoms with Gasteiger partial charge in [-0.2, -0.15) is 0 Å². The van der Waals surface area contributed by atoms with Gasteiger partial charge in [0.15, 0.2) is 0 Å². The van der Waals surface area contributed by atoms with Crippen molar-refractivity contribution in [2.75, 3.05) is 39.9 Å². The number of carbonyl (C=O) groups excluding carboxylic acids is 2. The van der Waals surface area contributed by atoms with Crippen molar-refractivity contribution in [1.82, 2.24) is 5.32 Å². The highest BCUT2D eigenvalue weighted by Crippen LogP contribution is 2.61. The Kier molecular flexibility index (Phi) is 14.2. The van der Waals surface area contributed by atoms with Crippen LogP contribution >= 0.6 is 0 Å². The number of carbonyl (C=O) groups is 2. The molecule has 3 saturated carbocycles. The fourth-order valence-electron chi connectivity index (χ4n) is 14.9. The van der Waals surface area contributed by atoms with E-state index in [1.54, 1.807) is 0 Å². The lowest BCUT2D eigenvalue weighted by molar-refractivity contribution is -0.703. The van der Waals surface area contributed by atoms with Crippen LogP contribution in [0.4, 0.5) is 0 Å². The van der Waals surface area contributed by atoms with Crippen molar-refractivity contribution >= 4 is 11.8 Å². The van der Waals surface area contributed by atoms with Gasteiger partial charge in [-0.3, -0.25) is 10.5 Å². The lowest BCUT2D eigenvalue weighted by Crippen LogP contribution is -2.95. The standard InChI is InChI=1S/C46H77N5O9/c1-4-24(11-13-49-3)45(57)59-35-19-32-41(56)39-34(55)18-29(21-52)58-43(39)40-38-30-12-14-50-44(48)37(30)26(7-6-25-8-9-28(54)17-31(25)33(38)22-53)16-27(46(35,2)60-42(32)40)15-23-5-10-36(47)51-20-23/h4,23,25-33,35-44,49-54,56H,5-22,47-48H2,1-3H3/p+2/t23?,25?,26?,27-,28?,29?,30?,31?,32?,33?,35+,36?,37?,38?,39?,40?,41?,42?,43?,44?,46+/m1/s1. The first-order chi connectivity index (χ1) is 28.9. The number of quaternary nitrogens is 2. The van der Waals surface area contributed by atoms with Gasteiger partial charge in [-0.15, -0.1) is 0 Å². The van der Waals surface area contributed by atoms with Crippen molar-refractivity contribution in [1.29, 1.82) is 0 Å². The summed E-state index contributed by atoms with van der Waals surface area (Å²) in [5.41, 5.74) is 13.4. The Bertz CT molecular complexity index is 1530. The van der Waals surface area contributed by atoms with Crippen LogP contribution in [0.1, 0.15) is 97.3 Å². The minimum atomic E-state index is -1.12. The molecule has 5 heterocycles. The van der Waals surface area contributed by atoms with Crippen LogP contribution in [0.15, 0.2) is 11.6 Å². The molecule has 3 aliphatic carbocycles. The van der Waals surface area contributed by atoms with Gasteiger partial charge in [0.25, 0.3) is 0 Å². The lowest BCUT2D eigenvalue weighted by Gasteiger charge is -2.63. The molecular formula is C46H79N5O9+2. The van der Waals surface area contributed by atoms with Crippen LogP contribution in [0.25, 0.3) is 0 Å². The molecule has 0 amide bonds. The normalized spacial score (nSPS) is 49.6. The number of aliphatic hydroxyl groups excluding tert-OH is 4. The van der Waals surface area contributed by atoms with Crippen LogP contribution in [0, 0.1) is 71.0 Å². The van der Waals surface area contributed by atoms with Gasteiger partial charge in [0, 0.05) is 49.2 Å². The third-order valence-electron chi connectivity index (χ3n) is 17.9. The molecule has 14 nitrogen and oxygen atoms in total. The lowest BCUT2D eigenvalue weighted by atomic mass is 9.50. The minimum Gasteiger partial charge on any atom is -0.456 e. The average molecular weight is 846 g/mol. The monoisotopic (exact) mass is 846 g/mol. The highest BCUT2D eigenvalue weighted by molar-refractivity contribution is 5.88. The number of aliphatic hydroxyl groups is 4. The van der Waals surface area contributed by atoms with E-state index in [2.05, 4.69) is 17.6 Å². The van der Waals surface area contributed by atoms with Crippen LogP contribution in [0.3, 0.4) is 0 Å². The Morgan fingerprint density at radius 2 is 1.75 bits per heavy atom. The molecule has 21 atom stereocenters. The smallest absolute Gasteiger partial charge is 0.334 e. The number of hydrogen-bond donors (Lipinski definition) is 9. The first-order valence-electron chi connectivity index (χ1n) is 24.1. The molecule has 18 unspecified atom stereocenters. The van der Waals surface area contributed by atoms with Gasteiger partial charge in [0.2, 0.25) is 0 Å². The molecule has 0 aromatic heterocycles. The van der Waals surface area contributed by atoms with Crippen molar-refractivity contribution in [3.8, 4) is 0 Å². The maximum Gasteiger partial charge on any atom is 0.334 e. The summed E-state index contributed by atoms with van der Waals surface area (Å²) in [6, 6.07) is 0. The second-order valence-corrected chi connectivity index (χ2v) is 20.9. The van der Waals surface area contributed by atoms with Crippen LogP contribution in [-0.2, 0) is 23.8 Å². The van der Waals surface area contributed by atoms with Gasteiger partial charge in [-0.1, -0.05) is 6.08 Å².